The molecular weight excluding hydrogens is 766 g/mol. The van der Waals surface area contributed by atoms with E-state index in [1.165, 1.54) is 32.9 Å². The van der Waals surface area contributed by atoms with E-state index in [-0.39, 0.29) is 35.5 Å². The SMILES string of the molecule is CC(=O)CO[C@@]12CO[C@@H]1C[C@H](O)[C@@]1(C)C(=O)[C@H](O)C3=C(C)[C@@H](OC(=O)[C@H](O)[C@@H](NC(=O)OC(C)(C)C)c4ccccc4)C[C@@](O)([C@@H](OC(=O)c4ccccc4)C12)C3(C)C. The molecular formula is C44H55NO14. The quantitative estimate of drug-likeness (QED) is 0.132. The molecule has 1 heterocycles. The van der Waals surface area contributed by atoms with Crippen LogP contribution in [0.4, 0.5) is 4.79 Å². The van der Waals surface area contributed by atoms with E-state index < -0.39 is 113 Å². The molecule has 59 heavy (non-hydrogen) atoms. The number of aliphatic hydroxyl groups excluding tert-OH is 3. The van der Waals surface area contributed by atoms with E-state index in [9.17, 15) is 39.6 Å². The maximum absolute atomic E-state index is 15.0. The molecule has 2 aromatic carbocycles. The largest absolute Gasteiger partial charge is 0.456 e. The zero-order chi connectivity index (χ0) is 43.5. The molecule has 3 fully saturated rings. The molecule has 1 aliphatic heterocycles. The Morgan fingerprint density at radius 3 is 2.14 bits per heavy atom. The van der Waals surface area contributed by atoms with Crippen molar-refractivity contribution in [3.05, 3.63) is 82.9 Å². The first-order valence-corrected chi connectivity index (χ1v) is 19.8. The van der Waals surface area contributed by atoms with Crippen LogP contribution in [0.25, 0.3) is 0 Å². The Labute approximate surface area is 343 Å². The third-order valence-corrected chi connectivity index (χ3v) is 12.8. The summed E-state index contributed by atoms with van der Waals surface area (Å²) in [5.41, 5.74) is -7.86. The molecule has 2 saturated carbocycles. The van der Waals surface area contributed by atoms with Crippen molar-refractivity contribution in [2.45, 2.75) is 128 Å². The Morgan fingerprint density at radius 2 is 1.58 bits per heavy atom. The molecule has 2 bridgehead atoms. The van der Waals surface area contributed by atoms with Gasteiger partial charge in [0.05, 0.1) is 35.8 Å². The van der Waals surface area contributed by atoms with Crippen molar-refractivity contribution in [2.75, 3.05) is 13.2 Å². The highest BCUT2D eigenvalue weighted by Crippen LogP contribution is 2.64. The number of hydrogen-bond acceptors (Lipinski definition) is 14. The van der Waals surface area contributed by atoms with E-state index in [1.807, 2.05) is 0 Å². The highest BCUT2D eigenvalue weighted by atomic mass is 16.6. The molecule has 5 N–H and O–H groups in total. The van der Waals surface area contributed by atoms with E-state index in [1.54, 1.807) is 83.1 Å². The van der Waals surface area contributed by atoms with E-state index in [0.29, 0.717) is 5.56 Å². The van der Waals surface area contributed by atoms with Crippen molar-refractivity contribution >= 4 is 29.6 Å². The third kappa shape index (κ3) is 7.61. The van der Waals surface area contributed by atoms with Gasteiger partial charge in [0.25, 0.3) is 0 Å². The number of aliphatic hydroxyl groups is 4. The number of alkyl carbamates (subject to hydrolysis) is 1. The van der Waals surface area contributed by atoms with Gasteiger partial charge < -0.3 is 49.4 Å². The Balaban J connectivity index is 1.49. The van der Waals surface area contributed by atoms with Crippen LogP contribution >= 0.6 is 0 Å². The summed E-state index contributed by atoms with van der Waals surface area (Å²) < 4.78 is 30.0. The fourth-order valence-corrected chi connectivity index (χ4v) is 9.59. The molecule has 0 spiro atoms. The Kier molecular flexibility index (Phi) is 11.8. The predicted octanol–water partition coefficient (Wildman–Crippen LogP) is 3.30. The topological polar surface area (TPSA) is 224 Å². The Hall–Kier alpha value is -4.51. The number of carbonyl (C=O) groups excluding carboxylic acids is 5. The summed E-state index contributed by atoms with van der Waals surface area (Å²) in [5, 5.41) is 51.8. The van der Waals surface area contributed by atoms with E-state index >= 15 is 4.79 Å². The summed E-state index contributed by atoms with van der Waals surface area (Å²) in [6.07, 6.45) is -11.2. The van der Waals surface area contributed by atoms with Gasteiger partial charge in [-0.05, 0) is 70.4 Å². The Morgan fingerprint density at radius 1 is 0.966 bits per heavy atom. The minimum absolute atomic E-state index is 0.0478. The number of benzene rings is 2. The number of carbonyl (C=O) groups is 5. The molecule has 1 saturated heterocycles. The zero-order valence-electron chi connectivity index (χ0n) is 34.6. The number of ketones is 2. The van der Waals surface area contributed by atoms with Gasteiger partial charge in [-0.15, -0.1) is 0 Å². The summed E-state index contributed by atoms with van der Waals surface area (Å²) in [7, 11) is 0. The molecule has 320 valence electrons. The molecule has 0 aromatic heterocycles. The van der Waals surface area contributed by atoms with Gasteiger partial charge in [0.1, 0.15) is 41.7 Å². The van der Waals surface area contributed by atoms with Crippen LogP contribution in [0.5, 0.6) is 0 Å². The summed E-state index contributed by atoms with van der Waals surface area (Å²) in [5.74, 6) is -4.83. The van der Waals surface area contributed by atoms with E-state index in [0.717, 1.165) is 0 Å². The van der Waals surface area contributed by atoms with Gasteiger partial charge >= 0.3 is 18.0 Å². The lowest BCUT2D eigenvalue weighted by molar-refractivity contribution is -0.354. The van der Waals surface area contributed by atoms with Crippen molar-refractivity contribution < 1.29 is 68.1 Å². The van der Waals surface area contributed by atoms with E-state index in [4.69, 9.17) is 23.7 Å². The standard InChI is InChI=1S/C44H55NO14/c1-23(46)21-56-43-22-55-29(43)19-28(47)42(8)34(43)36(58-37(51)26-17-13-10-14-18-26)44(54)20-27(24(2)30(41(44,6)7)32(48)35(42)50)57-38(52)33(49)31(25-15-11-9-12-16-25)45-39(53)59-40(3,4)5/h9-18,27-29,31-34,36,47-49,54H,19-22H2,1-8H3,(H,45,53)/t27-,28-,29+,31-,32+,33+,34?,36-,42+,43-,44+/m0/s1. The van der Waals surface area contributed by atoms with Crippen LogP contribution in [-0.4, -0.2) is 117 Å². The molecule has 0 radical (unpaired) electrons. The van der Waals surface area contributed by atoms with Crippen LogP contribution in [0.1, 0.15) is 90.2 Å². The van der Waals surface area contributed by atoms with Crippen molar-refractivity contribution in [3.63, 3.8) is 0 Å². The molecule has 1 unspecified atom stereocenters. The van der Waals surface area contributed by atoms with Gasteiger partial charge in [0.2, 0.25) is 0 Å². The highest BCUT2D eigenvalue weighted by Gasteiger charge is 2.77. The first-order valence-electron chi connectivity index (χ1n) is 19.8. The second-order valence-corrected chi connectivity index (χ2v) is 18.0. The lowest BCUT2D eigenvalue weighted by Gasteiger charge is -2.67. The van der Waals surface area contributed by atoms with Crippen LogP contribution in [0.3, 0.4) is 0 Å². The monoisotopic (exact) mass is 821 g/mol. The predicted molar refractivity (Wildman–Crippen MR) is 208 cm³/mol. The van der Waals surface area contributed by atoms with Crippen LogP contribution in [0, 0.1) is 16.7 Å². The van der Waals surface area contributed by atoms with Gasteiger partial charge in [-0.3, -0.25) is 9.59 Å². The van der Waals surface area contributed by atoms with Crippen molar-refractivity contribution in [1.82, 2.24) is 5.32 Å². The maximum Gasteiger partial charge on any atom is 0.408 e. The minimum Gasteiger partial charge on any atom is -0.456 e. The van der Waals surface area contributed by atoms with Crippen molar-refractivity contribution in [3.8, 4) is 0 Å². The summed E-state index contributed by atoms with van der Waals surface area (Å²) in [4.78, 5) is 68.7. The van der Waals surface area contributed by atoms with Crippen LogP contribution in [0.2, 0.25) is 0 Å². The number of esters is 2. The zero-order valence-corrected chi connectivity index (χ0v) is 34.6. The second-order valence-electron chi connectivity index (χ2n) is 18.0. The first kappa shape index (κ1) is 44.1. The smallest absolute Gasteiger partial charge is 0.408 e. The van der Waals surface area contributed by atoms with E-state index in [2.05, 4.69) is 5.32 Å². The second kappa shape index (κ2) is 15.8. The molecule has 3 aliphatic carbocycles. The summed E-state index contributed by atoms with van der Waals surface area (Å²) in [6.45, 7) is 11.7. The molecule has 4 aliphatic rings. The lowest BCUT2D eigenvalue weighted by atomic mass is 9.44. The van der Waals surface area contributed by atoms with Gasteiger partial charge in [-0.25, -0.2) is 14.4 Å². The molecule has 15 heteroatoms. The molecule has 11 atom stereocenters. The minimum atomic E-state index is -2.33. The average molecular weight is 822 g/mol. The summed E-state index contributed by atoms with van der Waals surface area (Å²) >= 11 is 0. The number of nitrogens with one attached hydrogen (secondary N) is 1. The molecule has 2 aromatic rings. The normalized spacial score (nSPS) is 33.4. The van der Waals surface area contributed by atoms with Gasteiger partial charge in [-0.1, -0.05) is 62.4 Å². The summed E-state index contributed by atoms with van der Waals surface area (Å²) in [6, 6.07) is 14.7. The molecule has 15 nitrogen and oxygen atoms in total. The van der Waals surface area contributed by atoms with Crippen molar-refractivity contribution in [1.29, 1.82) is 0 Å². The first-order chi connectivity index (χ1) is 27.5. The van der Waals surface area contributed by atoms with Gasteiger partial charge in [0, 0.05) is 24.2 Å². The Bertz CT molecular complexity index is 1990. The number of hydrogen-bond donors (Lipinski definition) is 5. The maximum atomic E-state index is 15.0. The van der Waals surface area contributed by atoms with Crippen molar-refractivity contribution in [2.24, 2.45) is 16.7 Å². The number of fused-ring (bicyclic) bond motifs is 5. The third-order valence-electron chi connectivity index (χ3n) is 12.8. The lowest BCUT2D eigenvalue weighted by Crippen LogP contribution is -2.81. The number of rotatable bonds is 10. The van der Waals surface area contributed by atoms with Crippen LogP contribution < -0.4 is 5.32 Å². The number of ether oxygens (including phenoxy) is 5. The van der Waals surface area contributed by atoms with Crippen LogP contribution in [0.15, 0.2) is 71.8 Å². The fraction of sp³-hybridized carbons (Fsp3) is 0.568. The van der Waals surface area contributed by atoms with Gasteiger partial charge in [-0.2, -0.15) is 0 Å². The van der Waals surface area contributed by atoms with Crippen LogP contribution in [-0.2, 0) is 38.1 Å². The molecule has 6 rings (SSSR count). The molecule has 1 amide bonds. The number of Topliss-reactive ketones (excluding diaryl/α,β-unsaturated/α-hetero) is 2. The fourth-order valence-electron chi connectivity index (χ4n) is 9.59. The van der Waals surface area contributed by atoms with Gasteiger partial charge in [0.15, 0.2) is 17.7 Å². The number of amides is 1. The average Bonchev–Trinajstić information content (AvgIpc) is 3.16. The highest BCUT2D eigenvalue weighted by molar-refractivity contribution is 5.94.